The van der Waals surface area contributed by atoms with Crippen molar-refractivity contribution in [1.82, 2.24) is 0 Å². The molecule has 0 unspecified atom stereocenters. The lowest BCUT2D eigenvalue weighted by Crippen LogP contribution is -2.13. The minimum Gasteiger partial charge on any atom is -0.310 e. The zero-order valence-corrected chi connectivity index (χ0v) is 27.2. The number of para-hydroxylation sites is 2. The van der Waals surface area contributed by atoms with Gasteiger partial charge in [0.2, 0.25) is 0 Å². The average molecular weight is 638 g/mol. The summed E-state index contributed by atoms with van der Waals surface area (Å²) in [5.41, 5.74) is 6.87. The zero-order chi connectivity index (χ0) is 33.4. The summed E-state index contributed by atoms with van der Waals surface area (Å²) in [6, 6.07) is 68.6. The second kappa shape index (κ2) is 12.3. The first-order valence-corrected chi connectivity index (χ1v) is 16.8. The first-order valence-electron chi connectivity index (χ1n) is 16.8. The van der Waals surface area contributed by atoms with Gasteiger partial charge in [0.1, 0.15) is 0 Å². The maximum Gasteiger partial charge on any atom is 0.0992 e. The summed E-state index contributed by atoms with van der Waals surface area (Å²) in [5.74, 6) is 0. The lowest BCUT2D eigenvalue weighted by molar-refractivity contribution is 1.28. The highest BCUT2D eigenvalue weighted by molar-refractivity contribution is 6.18. The summed E-state index contributed by atoms with van der Waals surface area (Å²) in [4.78, 5) is 4.60. The Hall–Kier alpha value is -6.89. The summed E-state index contributed by atoms with van der Waals surface area (Å²) in [7, 11) is 0. The number of hydrogen-bond donors (Lipinski definition) is 0. The van der Waals surface area contributed by atoms with Crippen LogP contribution in [0.2, 0.25) is 0 Å². The number of nitrogens with zero attached hydrogens (tertiary/aromatic N) is 3. The molecular formula is C47H31N3. The molecule has 0 bridgehead atoms. The van der Waals surface area contributed by atoms with Crippen LogP contribution in [0.25, 0.3) is 43.1 Å². The first kappa shape index (κ1) is 29.3. The van der Waals surface area contributed by atoms with Crippen LogP contribution >= 0.6 is 0 Å². The molecule has 0 aliphatic heterocycles. The molecule has 0 fully saturated rings. The quantitative estimate of drug-likeness (QED) is 0.170. The third-order valence-corrected chi connectivity index (χ3v) is 9.61. The van der Waals surface area contributed by atoms with Crippen molar-refractivity contribution in [3.05, 3.63) is 194 Å². The van der Waals surface area contributed by atoms with E-state index in [4.69, 9.17) is 0 Å². The largest absolute Gasteiger partial charge is 0.310 e. The fourth-order valence-electron chi connectivity index (χ4n) is 7.34. The Morgan fingerprint density at radius 2 is 0.800 bits per heavy atom. The Bertz CT molecular complexity index is 2730. The first-order chi connectivity index (χ1) is 24.8. The molecule has 0 aliphatic carbocycles. The topological polar surface area (TPSA) is 30.3 Å². The molecule has 9 rings (SSSR count). The molecule has 0 aliphatic rings. The van der Waals surface area contributed by atoms with E-state index in [1.807, 2.05) is 24.3 Å². The molecule has 234 valence electrons. The van der Waals surface area contributed by atoms with Gasteiger partial charge in [0, 0.05) is 33.5 Å². The van der Waals surface area contributed by atoms with E-state index in [0.717, 1.165) is 44.9 Å². The van der Waals surface area contributed by atoms with Gasteiger partial charge in [-0.05, 0) is 99.0 Å². The van der Waals surface area contributed by atoms with Crippen LogP contribution in [0.4, 0.5) is 34.1 Å². The summed E-state index contributed by atoms with van der Waals surface area (Å²) < 4.78 is 0. The van der Waals surface area contributed by atoms with E-state index in [2.05, 4.69) is 180 Å². The van der Waals surface area contributed by atoms with Gasteiger partial charge in [-0.15, -0.1) is 0 Å². The van der Waals surface area contributed by atoms with Gasteiger partial charge in [0.05, 0.1) is 23.0 Å². The lowest BCUT2D eigenvalue weighted by Gasteiger charge is -2.30. The van der Waals surface area contributed by atoms with Crippen molar-refractivity contribution >= 4 is 77.2 Å². The summed E-state index contributed by atoms with van der Waals surface area (Å²) in [5, 5.41) is 19.5. The molecule has 0 aromatic heterocycles. The van der Waals surface area contributed by atoms with Gasteiger partial charge in [-0.25, -0.2) is 0 Å². The van der Waals surface area contributed by atoms with Crippen LogP contribution in [0.5, 0.6) is 0 Å². The molecule has 3 nitrogen and oxygen atoms in total. The summed E-state index contributed by atoms with van der Waals surface area (Å²) in [6.45, 7) is 0. The molecule has 0 radical (unpaired) electrons. The monoisotopic (exact) mass is 637 g/mol. The van der Waals surface area contributed by atoms with E-state index in [9.17, 15) is 5.26 Å². The minimum atomic E-state index is 0.622. The number of anilines is 6. The predicted molar refractivity (Wildman–Crippen MR) is 211 cm³/mol. The van der Waals surface area contributed by atoms with Gasteiger partial charge in [0.15, 0.2) is 0 Å². The van der Waals surface area contributed by atoms with Crippen molar-refractivity contribution in [2.45, 2.75) is 0 Å². The van der Waals surface area contributed by atoms with Crippen molar-refractivity contribution < 1.29 is 0 Å². The van der Waals surface area contributed by atoms with E-state index in [1.54, 1.807) is 0 Å². The highest BCUT2D eigenvalue weighted by Gasteiger charge is 2.21. The van der Waals surface area contributed by atoms with Crippen LogP contribution in [0.15, 0.2) is 188 Å². The van der Waals surface area contributed by atoms with Crippen LogP contribution in [-0.4, -0.2) is 0 Å². The molecule has 0 heterocycles. The fourth-order valence-corrected chi connectivity index (χ4v) is 7.34. The van der Waals surface area contributed by atoms with Crippen LogP contribution in [-0.2, 0) is 0 Å². The molecule has 3 heteroatoms. The maximum atomic E-state index is 9.76. The maximum absolute atomic E-state index is 9.76. The van der Waals surface area contributed by atoms with Crippen molar-refractivity contribution in [2.24, 2.45) is 0 Å². The van der Waals surface area contributed by atoms with Crippen LogP contribution < -0.4 is 9.80 Å². The van der Waals surface area contributed by atoms with E-state index in [-0.39, 0.29) is 0 Å². The van der Waals surface area contributed by atoms with Crippen molar-refractivity contribution in [3.63, 3.8) is 0 Å². The molecule has 9 aromatic carbocycles. The number of rotatable bonds is 6. The van der Waals surface area contributed by atoms with E-state index < -0.39 is 0 Å². The summed E-state index contributed by atoms with van der Waals surface area (Å²) in [6.07, 6.45) is 0. The zero-order valence-electron chi connectivity index (χ0n) is 27.2. The number of nitriles is 1. The van der Waals surface area contributed by atoms with Gasteiger partial charge >= 0.3 is 0 Å². The normalized spacial score (nSPS) is 11.2. The van der Waals surface area contributed by atoms with E-state index in [0.29, 0.717) is 5.56 Å². The van der Waals surface area contributed by atoms with Crippen LogP contribution in [0, 0.1) is 11.3 Å². The molecule has 0 N–H and O–H groups in total. The number of hydrogen-bond acceptors (Lipinski definition) is 3. The summed E-state index contributed by atoms with van der Waals surface area (Å²) >= 11 is 0. The molecule has 0 amide bonds. The smallest absolute Gasteiger partial charge is 0.0992 e. The molecule has 0 spiro atoms. The Morgan fingerprint density at radius 1 is 0.320 bits per heavy atom. The van der Waals surface area contributed by atoms with Gasteiger partial charge in [-0.3, -0.25) is 0 Å². The Kier molecular flexibility index (Phi) is 7.19. The fraction of sp³-hybridized carbons (Fsp3) is 0. The third kappa shape index (κ3) is 4.99. The van der Waals surface area contributed by atoms with Crippen LogP contribution in [0.1, 0.15) is 5.56 Å². The number of fused-ring (bicyclic) bond motifs is 6. The molecule has 0 atom stereocenters. The van der Waals surface area contributed by atoms with Crippen molar-refractivity contribution in [1.29, 1.82) is 5.26 Å². The molecule has 50 heavy (non-hydrogen) atoms. The second-order valence-corrected chi connectivity index (χ2v) is 12.5. The SMILES string of the molecule is N#Cc1cccc(N(c2ccccc2)c2ccc(N(c3ccccc3)c3ccc4c(ccc5c6ccccc6ccc45)c3)c3ccccc23)c1. The van der Waals surface area contributed by atoms with Crippen LogP contribution in [0.3, 0.4) is 0 Å². The predicted octanol–water partition coefficient (Wildman–Crippen LogP) is 13.1. The lowest BCUT2D eigenvalue weighted by atomic mass is 9.96. The van der Waals surface area contributed by atoms with Gasteiger partial charge in [-0.2, -0.15) is 5.26 Å². The van der Waals surface area contributed by atoms with Crippen molar-refractivity contribution in [2.75, 3.05) is 9.80 Å². The van der Waals surface area contributed by atoms with Crippen molar-refractivity contribution in [3.8, 4) is 6.07 Å². The Balaban J connectivity index is 1.25. The second-order valence-electron chi connectivity index (χ2n) is 12.5. The average Bonchev–Trinajstić information content (AvgIpc) is 3.19. The Labute approximate surface area is 291 Å². The number of benzene rings is 9. The van der Waals surface area contributed by atoms with Gasteiger partial charge in [-0.1, -0.05) is 121 Å². The van der Waals surface area contributed by atoms with Gasteiger partial charge in [0.25, 0.3) is 0 Å². The molecule has 9 aromatic rings. The van der Waals surface area contributed by atoms with E-state index >= 15 is 0 Å². The standard InChI is InChI=1S/C47H31N3/c48-32-33-12-11-18-38(30-33)49(36-14-3-1-4-15-36)46-28-29-47(45-21-10-9-20-44(45)46)50(37-16-5-2-6-17-37)39-24-27-41-35(31-39)23-26-42-40-19-8-7-13-34(40)22-25-43(41)42/h1-31H. The van der Waals surface area contributed by atoms with Gasteiger partial charge < -0.3 is 9.80 Å². The minimum absolute atomic E-state index is 0.622. The molecular weight excluding hydrogens is 607 g/mol. The van der Waals surface area contributed by atoms with E-state index in [1.165, 1.54) is 32.3 Å². The Morgan fingerprint density at radius 3 is 1.42 bits per heavy atom. The third-order valence-electron chi connectivity index (χ3n) is 9.61. The highest BCUT2D eigenvalue weighted by Crippen LogP contribution is 2.46. The molecule has 0 saturated heterocycles. The molecule has 0 saturated carbocycles. The highest BCUT2D eigenvalue weighted by atomic mass is 15.2.